The number of hydrogen-bond acceptors (Lipinski definition) is 4. The van der Waals surface area contributed by atoms with Crippen LogP contribution in [-0.2, 0) is 19.1 Å². The van der Waals surface area contributed by atoms with Gasteiger partial charge in [-0.15, -0.1) is 0 Å². The molecule has 0 amide bonds. The van der Waals surface area contributed by atoms with Gasteiger partial charge in [-0.2, -0.15) is 0 Å². The quantitative estimate of drug-likeness (QED) is 0.499. The van der Waals surface area contributed by atoms with E-state index in [1.807, 2.05) is 6.92 Å². The monoisotopic (exact) mass is 198 g/mol. The number of ether oxygens (including phenoxy) is 1. The van der Waals surface area contributed by atoms with Crippen LogP contribution in [0.25, 0.3) is 0 Å². The van der Waals surface area contributed by atoms with E-state index in [-0.39, 0.29) is 18.0 Å². The van der Waals surface area contributed by atoms with Crippen molar-refractivity contribution in [1.82, 2.24) is 0 Å². The Bertz CT molecular complexity index is 269. The number of esters is 1. The highest BCUT2D eigenvalue weighted by atomic mass is 16.5. The van der Waals surface area contributed by atoms with Crippen molar-refractivity contribution in [3.8, 4) is 0 Å². The maximum atomic E-state index is 11.5. The summed E-state index contributed by atoms with van der Waals surface area (Å²) in [5.41, 5.74) is 0. The van der Waals surface area contributed by atoms with E-state index in [1.165, 1.54) is 6.92 Å². The highest BCUT2D eigenvalue weighted by Gasteiger charge is 2.42. The normalized spacial score (nSPS) is 26.7. The first kappa shape index (κ1) is 10.9. The number of rotatable bonds is 3. The minimum absolute atomic E-state index is 0.0586. The second kappa shape index (κ2) is 4.35. The third-order valence-electron chi connectivity index (χ3n) is 2.32. The summed E-state index contributed by atoms with van der Waals surface area (Å²) in [6, 6.07) is 0. The maximum absolute atomic E-state index is 11.5. The molecule has 1 fully saturated rings. The predicted molar refractivity (Wildman–Crippen MR) is 48.6 cm³/mol. The van der Waals surface area contributed by atoms with Crippen LogP contribution >= 0.6 is 0 Å². The molecule has 0 saturated heterocycles. The van der Waals surface area contributed by atoms with E-state index < -0.39 is 18.0 Å². The van der Waals surface area contributed by atoms with Crippen LogP contribution in [0.5, 0.6) is 0 Å². The Morgan fingerprint density at radius 2 is 2.14 bits per heavy atom. The van der Waals surface area contributed by atoms with Crippen LogP contribution in [-0.4, -0.2) is 23.6 Å². The van der Waals surface area contributed by atoms with E-state index in [2.05, 4.69) is 0 Å². The third kappa shape index (κ3) is 2.19. The van der Waals surface area contributed by atoms with Gasteiger partial charge in [-0.3, -0.25) is 14.4 Å². The van der Waals surface area contributed by atoms with Crippen LogP contribution in [0.4, 0.5) is 0 Å². The molecule has 4 heteroatoms. The third-order valence-corrected chi connectivity index (χ3v) is 2.32. The lowest BCUT2D eigenvalue weighted by Crippen LogP contribution is -2.24. The molecule has 0 radical (unpaired) electrons. The molecule has 1 aliphatic rings. The van der Waals surface area contributed by atoms with Crippen LogP contribution in [0.3, 0.4) is 0 Å². The first-order valence-corrected chi connectivity index (χ1v) is 4.80. The van der Waals surface area contributed by atoms with E-state index in [9.17, 15) is 14.4 Å². The summed E-state index contributed by atoms with van der Waals surface area (Å²) < 4.78 is 4.76. The van der Waals surface area contributed by atoms with Crippen LogP contribution in [0.15, 0.2) is 0 Å². The molecule has 0 N–H and O–H groups in total. The Morgan fingerprint density at radius 1 is 1.50 bits per heavy atom. The standard InChI is InChI=1S/C10H14O4/c1-3-4-7-8(12)5-9(10(7)13)14-6(2)11/h7,9H,3-5H2,1-2H3/t7-,9?/m1/s1. The molecule has 2 atom stereocenters. The highest BCUT2D eigenvalue weighted by molar-refractivity contribution is 6.11. The number of Topliss-reactive ketones (excluding diaryl/α,β-unsaturated/α-hetero) is 2. The molecule has 0 aromatic heterocycles. The first-order valence-electron chi connectivity index (χ1n) is 4.80. The van der Waals surface area contributed by atoms with Crippen molar-refractivity contribution < 1.29 is 19.1 Å². The molecule has 1 rings (SSSR count). The Balaban J connectivity index is 2.64. The second-order valence-corrected chi connectivity index (χ2v) is 3.51. The number of hydrogen-bond donors (Lipinski definition) is 0. The largest absolute Gasteiger partial charge is 0.454 e. The lowest BCUT2D eigenvalue weighted by atomic mass is 10.0. The topological polar surface area (TPSA) is 60.4 Å². The van der Waals surface area contributed by atoms with Crippen LogP contribution < -0.4 is 0 Å². The lowest BCUT2D eigenvalue weighted by Gasteiger charge is -2.08. The number of carbonyl (C=O) groups excluding carboxylic acids is 3. The van der Waals surface area contributed by atoms with E-state index in [4.69, 9.17) is 4.74 Å². The van der Waals surface area contributed by atoms with Gasteiger partial charge in [0.2, 0.25) is 0 Å². The molecule has 0 spiro atoms. The van der Waals surface area contributed by atoms with Gasteiger partial charge in [0.05, 0.1) is 12.3 Å². The zero-order chi connectivity index (χ0) is 10.7. The van der Waals surface area contributed by atoms with Crippen LogP contribution in [0, 0.1) is 5.92 Å². The summed E-state index contributed by atoms with van der Waals surface area (Å²) >= 11 is 0. The molecule has 0 bridgehead atoms. The van der Waals surface area contributed by atoms with Crippen molar-refractivity contribution >= 4 is 17.5 Å². The van der Waals surface area contributed by atoms with Crippen molar-refractivity contribution in [2.75, 3.05) is 0 Å². The van der Waals surface area contributed by atoms with Gasteiger partial charge in [0.15, 0.2) is 11.9 Å². The van der Waals surface area contributed by atoms with Gasteiger partial charge in [0.1, 0.15) is 5.78 Å². The molecule has 1 unspecified atom stereocenters. The molecule has 4 nitrogen and oxygen atoms in total. The molecule has 1 aliphatic carbocycles. The van der Waals surface area contributed by atoms with E-state index in [0.717, 1.165) is 6.42 Å². The minimum Gasteiger partial charge on any atom is -0.454 e. The maximum Gasteiger partial charge on any atom is 0.303 e. The smallest absolute Gasteiger partial charge is 0.303 e. The van der Waals surface area contributed by atoms with Gasteiger partial charge < -0.3 is 4.74 Å². The van der Waals surface area contributed by atoms with E-state index in [0.29, 0.717) is 6.42 Å². The van der Waals surface area contributed by atoms with Crippen molar-refractivity contribution in [3.63, 3.8) is 0 Å². The van der Waals surface area contributed by atoms with Crippen molar-refractivity contribution in [3.05, 3.63) is 0 Å². The molecule has 0 aromatic carbocycles. The average molecular weight is 198 g/mol. The fourth-order valence-corrected chi connectivity index (χ4v) is 1.70. The zero-order valence-electron chi connectivity index (χ0n) is 8.41. The highest BCUT2D eigenvalue weighted by Crippen LogP contribution is 2.24. The molecule has 0 aromatic rings. The summed E-state index contributed by atoms with van der Waals surface area (Å²) in [7, 11) is 0. The summed E-state index contributed by atoms with van der Waals surface area (Å²) in [5.74, 6) is -1.37. The molecule has 78 valence electrons. The van der Waals surface area contributed by atoms with Crippen molar-refractivity contribution in [1.29, 1.82) is 0 Å². The van der Waals surface area contributed by atoms with Gasteiger partial charge >= 0.3 is 5.97 Å². The van der Waals surface area contributed by atoms with Gasteiger partial charge in [-0.05, 0) is 6.42 Å². The van der Waals surface area contributed by atoms with Gasteiger partial charge in [0, 0.05) is 6.92 Å². The Morgan fingerprint density at radius 3 is 2.64 bits per heavy atom. The summed E-state index contributed by atoms with van der Waals surface area (Å²) in [5, 5.41) is 0. The zero-order valence-corrected chi connectivity index (χ0v) is 8.41. The Hall–Kier alpha value is -1.19. The van der Waals surface area contributed by atoms with Crippen LogP contribution in [0.1, 0.15) is 33.1 Å². The minimum atomic E-state index is -0.823. The SMILES string of the molecule is CCC[C@@H]1C(=O)CC(OC(C)=O)C1=O. The van der Waals surface area contributed by atoms with Gasteiger partial charge in [0.25, 0.3) is 0 Å². The molecular formula is C10H14O4. The lowest BCUT2D eigenvalue weighted by molar-refractivity contribution is -0.152. The number of carbonyl (C=O) groups is 3. The Labute approximate surface area is 82.6 Å². The van der Waals surface area contributed by atoms with Crippen molar-refractivity contribution in [2.45, 2.75) is 39.2 Å². The van der Waals surface area contributed by atoms with Crippen LogP contribution in [0.2, 0.25) is 0 Å². The molecule has 0 aliphatic heterocycles. The summed E-state index contributed by atoms with van der Waals surface area (Å²) in [6.45, 7) is 3.16. The molecule has 0 heterocycles. The fourth-order valence-electron chi connectivity index (χ4n) is 1.70. The predicted octanol–water partition coefficient (Wildman–Crippen LogP) is 0.876. The summed E-state index contributed by atoms with van der Waals surface area (Å²) in [4.78, 5) is 33.5. The molecule has 1 saturated carbocycles. The van der Waals surface area contributed by atoms with E-state index >= 15 is 0 Å². The van der Waals surface area contributed by atoms with Gasteiger partial charge in [-0.25, -0.2) is 0 Å². The first-order chi connectivity index (χ1) is 6.56. The Kier molecular flexibility index (Phi) is 3.38. The van der Waals surface area contributed by atoms with Crippen molar-refractivity contribution in [2.24, 2.45) is 5.92 Å². The second-order valence-electron chi connectivity index (χ2n) is 3.51. The van der Waals surface area contributed by atoms with E-state index in [1.54, 1.807) is 0 Å². The average Bonchev–Trinajstić information content (AvgIpc) is 2.32. The molecule has 14 heavy (non-hydrogen) atoms. The fraction of sp³-hybridized carbons (Fsp3) is 0.700. The van der Waals surface area contributed by atoms with Gasteiger partial charge in [-0.1, -0.05) is 13.3 Å². The summed E-state index contributed by atoms with van der Waals surface area (Å²) in [6.07, 6.45) is 0.588. The number of ketones is 2. The molecular weight excluding hydrogens is 184 g/mol.